The van der Waals surface area contributed by atoms with Gasteiger partial charge in [-0.3, -0.25) is 0 Å². The Morgan fingerprint density at radius 1 is 1.21 bits per heavy atom. The average molecular weight is 304 g/mol. The van der Waals surface area contributed by atoms with Crippen molar-refractivity contribution in [2.45, 2.75) is 38.1 Å². The monoisotopic (exact) mass is 303 g/mol. The zero-order chi connectivity index (χ0) is 14.5. The number of benzene rings is 1. The Morgan fingerprint density at radius 2 is 1.79 bits per heavy atom. The lowest BCUT2D eigenvalue weighted by molar-refractivity contribution is 0.594. The van der Waals surface area contributed by atoms with Crippen LogP contribution in [0.4, 0.5) is 5.69 Å². The van der Waals surface area contributed by atoms with Gasteiger partial charge in [0.1, 0.15) is 0 Å². The fourth-order valence-corrected chi connectivity index (χ4v) is 3.51. The summed E-state index contributed by atoms with van der Waals surface area (Å²) in [5, 5.41) is 0. The predicted molar refractivity (Wildman–Crippen MR) is 82.0 cm³/mol. The predicted octanol–water partition coefficient (Wildman–Crippen LogP) is 3.32. The number of hydrogen-bond acceptors (Lipinski definition) is 3. The molecule has 19 heavy (non-hydrogen) atoms. The molecule has 0 saturated carbocycles. The molecule has 0 amide bonds. The van der Waals surface area contributed by atoms with Crippen molar-refractivity contribution >= 4 is 27.1 Å². The van der Waals surface area contributed by atoms with Crippen LogP contribution in [0.1, 0.15) is 27.2 Å². The van der Waals surface area contributed by atoms with E-state index in [2.05, 4.69) is 18.7 Å². The number of halogens is 1. The minimum Gasteiger partial charge on any atom is -0.368 e. The van der Waals surface area contributed by atoms with E-state index in [1.807, 2.05) is 19.1 Å². The summed E-state index contributed by atoms with van der Waals surface area (Å²) in [7, 11) is -3.13. The smallest absolute Gasteiger partial charge is 0.178 e. The molecule has 0 atom stereocenters. The van der Waals surface area contributed by atoms with E-state index in [9.17, 15) is 8.42 Å². The SMILES string of the molecule is CCCS(=O)(=O)c1ccc(N(CCCl)C(C)C)cc1. The highest BCUT2D eigenvalue weighted by Crippen LogP contribution is 2.21. The Hall–Kier alpha value is -0.740. The van der Waals surface area contributed by atoms with E-state index in [1.165, 1.54) is 0 Å². The summed E-state index contributed by atoms with van der Waals surface area (Å²) in [4.78, 5) is 2.55. The van der Waals surface area contributed by atoms with Crippen LogP contribution in [0.5, 0.6) is 0 Å². The Balaban J connectivity index is 2.98. The van der Waals surface area contributed by atoms with Crippen LogP contribution in [0.25, 0.3) is 0 Å². The van der Waals surface area contributed by atoms with Crippen LogP contribution < -0.4 is 4.90 Å². The van der Waals surface area contributed by atoms with Crippen LogP contribution >= 0.6 is 11.6 Å². The largest absolute Gasteiger partial charge is 0.368 e. The quantitative estimate of drug-likeness (QED) is 0.725. The van der Waals surface area contributed by atoms with E-state index in [-0.39, 0.29) is 5.75 Å². The van der Waals surface area contributed by atoms with Crippen molar-refractivity contribution in [1.82, 2.24) is 0 Å². The van der Waals surface area contributed by atoms with E-state index in [0.29, 0.717) is 23.2 Å². The topological polar surface area (TPSA) is 37.4 Å². The molecule has 0 fully saturated rings. The summed E-state index contributed by atoms with van der Waals surface area (Å²) in [6, 6.07) is 7.41. The minimum atomic E-state index is -3.13. The van der Waals surface area contributed by atoms with Crippen molar-refractivity contribution in [1.29, 1.82) is 0 Å². The summed E-state index contributed by atoms with van der Waals surface area (Å²) in [6.45, 7) is 6.80. The van der Waals surface area contributed by atoms with Crippen LogP contribution in [0.2, 0.25) is 0 Å². The molecule has 0 heterocycles. The fourth-order valence-electron chi connectivity index (χ4n) is 2.01. The maximum Gasteiger partial charge on any atom is 0.178 e. The Kier molecular flexibility index (Phi) is 6.14. The van der Waals surface area contributed by atoms with Crippen molar-refractivity contribution in [3.8, 4) is 0 Å². The summed E-state index contributed by atoms with van der Waals surface area (Å²) in [5.41, 5.74) is 1.01. The van der Waals surface area contributed by atoms with Crippen LogP contribution in [0.15, 0.2) is 29.2 Å². The first kappa shape index (κ1) is 16.3. The van der Waals surface area contributed by atoms with Gasteiger partial charge in [-0.25, -0.2) is 8.42 Å². The molecule has 0 aliphatic heterocycles. The molecule has 0 aliphatic carbocycles. The highest BCUT2D eigenvalue weighted by molar-refractivity contribution is 7.91. The number of alkyl halides is 1. The molecular formula is C14H22ClNO2S. The Labute approximate surface area is 121 Å². The van der Waals surface area contributed by atoms with E-state index in [4.69, 9.17) is 11.6 Å². The van der Waals surface area contributed by atoms with Gasteiger partial charge >= 0.3 is 0 Å². The van der Waals surface area contributed by atoms with Crippen molar-refractivity contribution < 1.29 is 8.42 Å². The van der Waals surface area contributed by atoms with Crippen LogP contribution in [0.3, 0.4) is 0 Å². The Morgan fingerprint density at radius 3 is 2.21 bits per heavy atom. The molecule has 0 N–H and O–H groups in total. The summed E-state index contributed by atoms with van der Waals surface area (Å²) in [6.07, 6.45) is 0.633. The zero-order valence-electron chi connectivity index (χ0n) is 11.8. The molecule has 0 aliphatic rings. The van der Waals surface area contributed by atoms with Gasteiger partial charge in [0.2, 0.25) is 0 Å². The molecule has 3 nitrogen and oxygen atoms in total. The lowest BCUT2D eigenvalue weighted by Gasteiger charge is -2.28. The number of rotatable bonds is 7. The van der Waals surface area contributed by atoms with E-state index >= 15 is 0 Å². The van der Waals surface area contributed by atoms with Crippen molar-refractivity contribution in [3.05, 3.63) is 24.3 Å². The maximum absolute atomic E-state index is 11.9. The van der Waals surface area contributed by atoms with Gasteiger partial charge < -0.3 is 4.90 Å². The van der Waals surface area contributed by atoms with Crippen LogP contribution in [0, 0.1) is 0 Å². The van der Waals surface area contributed by atoms with Gasteiger partial charge in [0.05, 0.1) is 10.6 Å². The molecular weight excluding hydrogens is 282 g/mol. The average Bonchev–Trinajstić information content (AvgIpc) is 2.35. The minimum absolute atomic E-state index is 0.196. The third-order valence-electron chi connectivity index (χ3n) is 2.95. The molecule has 1 aromatic carbocycles. The zero-order valence-corrected chi connectivity index (χ0v) is 13.3. The van der Waals surface area contributed by atoms with Crippen LogP contribution in [-0.2, 0) is 9.84 Å². The lowest BCUT2D eigenvalue weighted by Crippen LogP contribution is -2.32. The second kappa shape index (κ2) is 7.15. The van der Waals surface area contributed by atoms with Crippen molar-refractivity contribution in [2.75, 3.05) is 23.1 Å². The van der Waals surface area contributed by atoms with E-state index in [1.54, 1.807) is 12.1 Å². The van der Waals surface area contributed by atoms with Crippen LogP contribution in [-0.4, -0.2) is 32.6 Å². The van der Waals surface area contributed by atoms with Gasteiger partial charge in [-0.05, 0) is 44.5 Å². The molecule has 5 heteroatoms. The molecule has 1 rings (SSSR count). The molecule has 0 spiro atoms. The summed E-state index contributed by atoms with van der Waals surface area (Å²) >= 11 is 5.80. The highest BCUT2D eigenvalue weighted by Gasteiger charge is 2.14. The molecule has 0 radical (unpaired) electrons. The first-order valence-corrected chi connectivity index (χ1v) is 8.76. The molecule has 0 aromatic heterocycles. The second-order valence-corrected chi connectivity index (χ2v) is 7.28. The molecule has 1 aromatic rings. The highest BCUT2D eigenvalue weighted by atomic mass is 35.5. The fraction of sp³-hybridized carbons (Fsp3) is 0.571. The maximum atomic E-state index is 11.9. The van der Waals surface area contributed by atoms with Gasteiger partial charge in [-0.2, -0.15) is 0 Å². The van der Waals surface area contributed by atoms with E-state index < -0.39 is 9.84 Å². The molecule has 0 saturated heterocycles. The summed E-state index contributed by atoms with van der Waals surface area (Å²) < 4.78 is 23.9. The van der Waals surface area contributed by atoms with Gasteiger partial charge in [0, 0.05) is 24.2 Å². The number of nitrogens with zero attached hydrogens (tertiary/aromatic N) is 1. The number of anilines is 1. The third kappa shape index (κ3) is 4.39. The summed E-state index contributed by atoms with van der Waals surface area (Å²) in [5.74, 6) is 0.746. The molecule has 108 valence electrons. The van der Waals surface area contributed by atoms with Crippen molar-refractivity contribution in [3.63, 3.8) is 0 Å². The van der Waals surface area contributed by atoms with E-state index in [0.717, 1.165) is 12.2 Å². The molecule has 0 bridgehead atoms. The standard InChI is InChI=1S/C14H22ClNO2S/c1-4-11-19(17,18)14-7-5-13(6-8-14)16(10-9-15)12(2)3/h5-8,12H,4,9-11H2,1-3H3. The molecule has 0 unspecified atom stereocenters. The second-order valence-electron chi connectivity index (χ2n) is 4.79. The first-order chi connectivity index (χ1) is 8.92. The van der Waals surface area contributed by atoms with Gasteiger partial charge in [0.25, 0.3) is 0 Å². The Bertz CT molecular complexity index is 483. The van der Waals surface area contributed by atoms with Gasteiger partial charge in [-0.1, -0.05) is 6.92 Å². The number of hydrogen-bond donors (Lipinski definition) is 0. The van der Waals surface area contributed by atoms with Gasteiger partial charge in [-0.15, -0.1) is 11.6 Å². The third-order valence-corrected chi connectivity index (χ3v) is 5.05. The number of sulfone groups is 1. The normalized spacial score (nSPS) is 11.8. The van der Waals surface area contributed by atoms with Crippen molar-refractivity contribution in [2.24, 2.45) is 0 Å². The van der Waals surface area contributed by atoms with Gasteiger partial charge in [0.15, 0.2) is 9.84 Å². The lowest BCUT2D eigenvalue weighted by atomic mass is 10.2. The first-order valence-electron chi connectivity index (χ1n) is 6.57.